The maximum atomic E-state index is 13.1. The molecule has 0 fully saturated rings. The lowest BCUT2D eigenvalue weighted by atomic mass is 10.2. The highest BCUT2D eigenvalue weighted by Gasteiger charge is 2.13. The van der Waals surface area contributed by atoms with Crippen LogP contribution in [-0.4, -0.2) is 11.7 Å². The minimum absolute atomic E-state index is 0.408. The van der Waals surface area contributed by atoms with Crippen molar-refractivity contribution in [1.82, 2.24) is 0 Å². The summed E-state index contributed by atoms with van der Waals surface area (Å²) in [6.07, 6.45) is 0. The summed E-state index contributed by atoms with van der Waals surface area (Å²) in [4.78, 5) is 4.49. The summed E-state index contributed by atoms with van der Waals surface area (Å²) in [6.45, 7) is 0.408. The van der Waals surface area contributed by atoms with E-state index in [0.717, 1.165) is 28.1 Å². The Bertz CT molecular complexity index is 673. The first kappa shape index (κ1) is 13.1. The average molecular weight is 291 g/mol. The van der Waals surface area contributed by atoms with Crippen molar-refractivity contribution >= 4 is 22.5 Å². The molecule has 0 unspecified atom stereocenters. The number of nitrogens with zero attached hydrogens (tertiary/aromatic N) is 1. The number of hydrogen-bond acceptors (Lipinski definition) is 3. The second-order valence-electron chi connectivity index (χ2n) is 4.30. The number of rotatable bonds is 2. The molecule has 2 aromatic carbocycles. The minimum Gasteiger partial charge on any atom is -0.484 e. The molecular formula is C15H11F2NOS. The van der Waals surface area contributed by atoms with Crippen molar-refractivity contribution in [3.05, 3.63) is 59.7 Å². The van der Waals surface area contributed by atoms with Gasteiger partial charge < -0.3 is 4.74 Å². The van der Waals surface area contributed by atoms with E-state index in [1.807, 2.05) is 24.3 Å². The van der Waals surface area contributed by atoms with Crippen LogP contribution in [0.4, 0.5) is 14.5 Å². The fourth-order valence-corrected chi connectivity index (χ4v) is 2.67. The molecule has 0 atom stereocenters. The van der Waals surface area contributed by atoms with Gasteiger partial charge in [-0.2, -0.15) is 0 Å². The largest absolute Gasteiger partial charge is 0.484 e. The second kappa shape index (κ2) is 5.63. The van der Waals surface area contributed by atoms with Crippen molar-refractivity contribution in [3.8, 4) is 5.75 Å². The van der Waals surface area contributed by atoms with Gasteiger partial charge in [-0.3, -0.25) is 0 Å². The Kier molecular flexibility index (Phi) is 3.69. The number of aliphatic imine (C=N–C) groups is 1. The lowest BCUT2D eigenvalue weighted by Crippen LogP contribution is -2.12. The lowest BCUT2D eigenvalue weighted by Gasteiger charge is -2.16. The molecular weight excluding hydrogens is 280 g/mol. The molecule has 0 spiro atoms. The third-order valence-electron chi connectivity index (χ3n) is 2.85. The fraction of sp³-hybridized carbons (Fsp3) is 0.133. The molecule has 1 aliphatic heterocycles. The fourth-order valence-electron chi connectivity index (χ4n) is 1.85. The molecule has 2 nitrogen and oxygen atoms in total. The van der Waals surface area contributed by atoms with Crippen LogP contribution >= 0.6 is 11.8 Å². The molecule has 20 heavy (non-hydrogen) atoms. The van der Waals surface area contributed by atoms with Gasteiger partial charge in [0.25, 0.3) is 0 Å². The smallest absolute Gasteiger partial charge is 0.159 e. The summed E-state index contributed by atoms with van der Waals surface area (Å²) in [5.74, 6) is -0.354. The summed E-state index contributed by atoms with van der Waals surface area (Å²) < 4.78 is 31.5. The zero-order valence-electron chi connectivity index (χ0n) is 10.5. The van der Waals surface area contributed by atoms with Gasteiger partial charge in [-0.1, -0.05) is 18.2 Å². The van der Waals surface area contributed by atoms with Gasteiger partial charge >= 0.3 is 0 Å². The van der Waals surface area contributed by atoms with Crippen molar-refractivity contribution < 1.29 is 13.5 Å². The van der Waals surface area contributed by atoms with Gasteiger partial charge in [-0.25, -0.2) is 13.8 Å². The molecule has 3 rings (SSSR count). The van der Waals surface area contributed by atoms with Crippen molar-refractivity contribution in [3.63, 3.8) is 0 Å². The Morgan fingerprint density at radius 1 is 1.10 bits per heavy atom. The zero-order valence-corrected chi connectivity index (χ0v) is 11.3. The monoisotopic (exact) mass is 291 g/mol. The topological polar surface area (TPSA) is 21.6 Å². The van der Waals surface area contributed by atoms with Crippen molar-refractivity contribution in [2.75, 3.05) is 6.61 Å². The SMILES string of the molecule is Fc1ccc(CSC2=Nc3ccccc3OC2)cc1F. The number of para-hydroxylation sites is 2. The number of fused-ring (bicyclic) bond motifs is 1. The van der Waals surface area contributed by atoms with Crippen LogP contribution in [0.5, 0.6) is 5.75 Å². The van der Waals surface area contributed by atoms with Gasteiger partial charge in [-0.15, -0.1) is 11.8 Å². The average Bonchev–Trinajstić information content (AvgIpc) is 2.48. The van der Waals surface area contributed by atoms with Crippen LogP contribution in [-0.2, 0) is 5.75 Å². The molecule has 2 aromatic rings. The minimum atomic E-state index is -0.828. The highest BCUT2D eigenvalue weighted by Crippen LogP contribution is 2.32. The Hall–Kier alpha value is -1.88. The number of ether oxygens (including phenoxy) is 1. The summed E-state index contributed by atoms with van der Waals surface area (Å²) in [7, 11) is 0. The Morgan fingerprint density at radius 3 is 2.80 bits per heavy atom. The Morgan fingerprint density at radius 2 is 1.95 bits per heavy atom. The molecule has 0 aromatic heterocycles. The third-order valence-corrected chi connectivity index (χ3v) is 3.87. The molecule has 0 saturated carbocycles. The number of hydrogen-bond donors (Lipinski definition) is 0. The first-order valence-corrected chi connectivity index (χ1v) is 7.07. The Balaban J connectivity index is 1.70. The van der Waals surface area contributed by atoms with Gasteiger partial charge in [0.1, 0.15) is 23.1 Å². The van der Waals surface area contributed by atoms with Crippen LogP contribution < -0.4 is 4.74 Å². The lowest BCUT2D eigenvalue weighted by molar-refractivity contribution is 0.375. The first-order chi connectivity index (χ1) is 9.72. The van der Waals surface area contributed by atoms with Crippen LogP contribution in [0.25, 0.3) is 0 Å². The van der Waals surface area contributed by atoms with E-state index in [4.69, 9.17) is 4.74 Å². The van der Waals surface area contributed by atoms with Gasteiger partial charge in [0.15, 0.2) is 11.6 Å². The molecule has 0 aliphatic carbocycles. The molecule has 0 N–H and O–H groups in total. The predicted molar refractivity (Wildman–Crippen MR) is 76.7 cm³/mol. The second-order valence-corrected chi connectivity index (χ2v) is 5.35. The van der Waals surface area contributed by atoms with Crippen LogP contribution in [0, 0.1) is 11.6 Å². The van der Waals surface area contributed by atoms with E-state index in [1.54, 1.807) is 6.07 Å². The highest BCUT2D eigenvalue weighted by atomic mass is 32.2. The molecule has 102 valence electrons. The van der Waals surface area contributed by atoms with Gasteiger partial charge in [0.05, 0.1) is 0 Å². The predicted octanol–water partition coefficient (Wildman–Crippen LogP) is 4.32. The van der Waals surface area contributed by atoms with E-state index in [2.05, 4.69) is 4.99 Å². The first-order valence-electron chi connectivity index (χ1n) is 6.08. The maximum absolute atomic E-state index is 13.1. The highest BCUT2D eigenvalue weighted by molar-refractivity contribution is 8.13. The van der Waals surface area contributed by atoms with Gasteiger partial charge in [0.2, 0.25) is 0 Å². The molecule has 1 aliphatic rings. The Labute approximate surface area is 119 Å². The number of halogens is 2. The van der Waals surface area contributed by atoms with E-state index in [-0.39, 0.29) is 0 Å². The van der Waals surface area contributed by atoms with Crippen molar-refractivity contribution in [2.45, 2.75) is 5.75 Å². The zero-order chi connectivity index (χ0) is 13.9. The summed E-state index contributed by atoms with van der Waals surface area (Å²) in [5, 5.41) is 0.827. The molecule has 1 heterocycles. The van der Waals surface area contributed by atoms with Crippen LogP contribution in [0.3, 0.4) is 0 Å². The van der Waals surface area contributed by atoms with Crippen LogP contribution in [0.1, 0.15) is 5.56 Å². The summed E-state index contributed by atoms with van der Waals surface area (Å²) in [5.41, 5.74) is 1.52. The maximum Gasteiger partial charge on any atom is 0.159 e. The van der Waals surface area contributed by atoms with E-state index >= 15 is 0 Å². The van der Waals surface area contributed by atoms with Crippen molar-refractivity contribution in [1.29, 1.82) is 0 Å². The van der Waals surface area contributed by atoms with E-state index < -0.39 is 11.6 Å². The summed E-state index contributed by atoms with van der Waals surface area (Å²) in [6, 6.07) is 11.5. The van der Waals surface area contributed by atoms with E-state index in [1.165, 1.54) is 17.8 Å². The van der Waals surface area contributed by atoms with Crippen LogP contribution in [0.15, 0.2) is 47.5 Å². The number of thioether (sulfide) groups is 1. The quantitative estimate of drug-likeness (QED) is 0.822. The third kappa shape index (κ3) is 2.82. The molecule has 0 saturated heterocycles. The van der Waals surface area contributed by atoms with Crippen molar-refractivity contribution in [2.24, 2.45) is 4.99 Å². The van der Waals surface area contributed by atoms with Gasteiger partial charge in [-0.05, 0) is 29.8 Å². The molecule has 5 heteroatoms. The normalized spacial score (nSPS) is 13.4. The molecule has 0 bridgehead atoms. The van der Waals surface area contributed by atoms with E-state index in [0.29, 0.717) is 12.4 Å². The van der Waals surface area contributed by atoms with E-state index in [9.17, 15) is 8.78 Å². The molecule has 0 amide bonds. The standard InChI is InChI=1S/C15H11F2NOS/c16-11-6-5-10(7-12(11)17)9-20-15-8-19-14-4-2-1-3-13(14)18-15/h1-7H,8-9H2. The summed E-state index contributed by atoms with van der Waals surface area (Å²) >= 11 is 1.46. The van der Waals surface area contributed by atoms with Crippen LogP contribution in [0.2, 0.25) is 0 Å². The van der Waals surface area contributed by atoms with Gasteiger partial charge in [0, 0.05) is 5.75 Å². The molecule has 0 radical (unpaired) electrons. The number of benzene rings is 2.